The zero-order chi connectivity index (χ0) is 18.3. The number of rotatable bonds is 6. The molecule has 0 fully saturated rings. The third-order valence-electron chi connectivity index (χ3n) is 3.17. The van der Waals surface area contributed by atoms with Crippen molar-refractivity contribution in [2.75, 3.05) is 18.5 Å². The van der Waals surface area contributed by atoms with E-state index in [1.54, 1.807) is 24.3 Å². The molecule has 0 bridgehead atoms. The summed E-state index contributed by atoms with van der Waals surface area (Å²) < 4.78 is 42.8. The SMILES string of the molecule is O=C(NCCCOc1ccccc1Cl)Nc1ccc(C(F)(F)F)cc1. The second kappa shape index (κ2) is 8.62. The summed E-state index contributed by atoms with van der Waals surface area (Å²) in [5.74, 6) is 0.568. The Morgan fingerprint density at radius 3 is 2.40 bits per heavy atom. The summed E-state index contributed by atoms with van der Waals surface area (Å²) in [5, 5.41) is 5.56. The fourth-order valence-corrected chi connectivity index (χ4v) is 2.13. The maximum absolute atomic E-state index is 12.4. The van der Waals surface area contributed by atoms with E-state index in [0.29, 0.717) is 30.3 Å². The molecular weight excluding hydrogens is 357 g/mol. The first-order chi connectivity index (χ1) is 11.9. The van der Waals surface area contributed by atoms with Crippen LogP contribution in [0.1, 0.15) is 12.0 Å². The van der Waals surface area contributed by atoms with Crippen LogP contribution in [0.5, 0.6) is 5.75 Å². The summed E-state index contributed by atoms with van der Waals surface area (Å²) in [4.78, 5) is 11.7. The Labute approximate surface area is 147 Å². The first-order valence-corrected chi connectivity index (χ1v) is 7.83. The summed E-state index contributed by atoms with van der Waals surface area (Å²) >= 11 is 5.94. The molecular formula is C17H16ClF3N2O2. The highest BCUT2D eigenvalue weighted by Gasteiger charge is 2.29. The highest BCUT2D eigenvalue weighted by molar-refractivity contribution is 6.32. The highest BCUT2D eigenvalue weighted by atomic mass is 35.5. The summed E-state index contributed by atoms with van der Waals surface area (Å²) in [6.07, 6.45) is -3.85. The van der Waals surface area contributed by atoms with E-state index >= 15 is 0 Å². The van der Waals surface area contributed by atoms with Crippen LogP contribution in [0.15, 0.2) is 48.5 Å². The molecule has 0 radical (unpaired) electrons. The van der Waals surface area contributed by atoms with Crippen LogP contribution >= 0.6 is 11.6 Å². The van der Waals surface area contributed by atoms with E-state index in [0.717, 1.165) is 12.1 Å². The lowest BCUT2D eigenvalue weighted by molar-refractivity contribution is -0.137. The van der Waals surface area contributed by atoms with Crippen molar-refractivity contribution in [2.24, 2.45) is 0 Å². The van der Waals surface area contributed by atoms with Gasteiger partial charge in [-0.15, -0.1) is 0 Å². The Morgan fingerprint density at radius 2 is 1.76 bits per heavy atom. The van der Waals surface area contributed by atoms with Crippen molar-refractivity contribution in [1.29, 1.82) is 0 Å². The predicted octanol–water partition coefficient (Wildman–Crippen LogP) is 4.95. The maximum Gasteiger partial charge on any atom is 0.416 e. The van der Waals surface area contributed by atoms with Crippen LogP contribution in [0.2, 0.25) is 5.02 Å². The third-order valence-corrected chi connectivity index (χ3v) is 3.48. The Bertz CT molecular complexity index is 706. The highest BCUT2D eigenvalue weighted by Crippen LogP contribution is 2.29. The normalized spacial score (nSPS) is 11.0. The summed E-state index contributed by atoms with van der Waals surface area (Å²) in [5.41, 5.74) is -0.493. The number of carbonyl (C=O) groups excluding carboxylic acids is 1. The molecule has 2 aromatic carbocycles. The zero-order valence-electron chi connectivity index (χ0n) is 13.1. The summed E-state index contributed by atoms with van der Waals surface area (Å²) in [6, 6.07) is 10.8. The Balaban J connectivity index is 1.68. The lowest BCUT2D eigenvalue weighted by Gasteiger charge is -2.10. The van der Waals surface area contributed by atoms with Crippen molar-refractivity contribution in [3.63, 3.8) is 0 Å². The number of amides is 2. The first kappa shape index (κ1) is 18.9. The van der Waals surface area contributed by atoms with Crippen molar-refractivity contribution < 1.29 is 22.7 Å². The molecule has 0 aliphatic heterocycles. The van der Waals surface area contributed by atoms with Gasteiger partial charge >= 0.3 is 12.2 Å². The molecule has 0 unspecified atom stereocenters. The Kier molecular flexibility index (Phi) is 6.52. The van der Waals surface area contributed by atoms with Crippen molar-refractivity contribution in [1.82, 2.24) is 5.32 Å². The molecule has 0 aliphatic rings. The molecule has 25 heavy (non-hydrogen) atoms. The van der Waals surface area contributed by atoms with Crippen LogP contribution in [0.25, 0.3) is 0 Å². The minimum Gasteiger partial charge on any atom is -0.492 e. The second-order valence-corrected chi connectivity index (χ2v) is 5.50. The number of nitrogens with one attached hydrogen (secondary N) is 2. The third kappa shape index (κ3) is 6.19. The molecule has 0 aromatic heterocycles. The smallest absolute Gasteiger partial charge is 0.416 e. The van der Waals surface area contributed by atoms with Crippen LogP contribution < -0.4 is 15.4 Å². The van der Waals surface area contributed by atoms with Crippen molar-refractivity contribution in [2.45, 2.75) is 12.6 Å². The Hall–Kier alpha value is -2.41. The van der Waals surface area contributed by atoms with E-state index < -0.39 is 17.8 Å². The first-order valence-electron chi connectivity index (χ1n) is 7.46. The number of carbonyl (C=O) groups is 1. The summed E-state index contributed by atoms with van der Waals surface area (Å²) in [6.45, 7) is 0.710. The zero-order valence-corrected chi connectivity index (χ0v) is 13.8. The van der Waals surface area contributed by atoms with Crippen molar-refractivity contribution in [3.8, 4) is 5.75 Å². The molecule has 2 N–H and O–H groups in total. The van der Waals surface area contributed by atoms with E-state index in [9.17, 15) is 18.0 Å². The molecule has 0 atom stereocenters. The standard InChI is InChI=1S/C17H16ClF3N2O2/c18-14-4-1-2-5-15(14)25-11-3-10-22-16(24)23-13-8-6-12(7-9-13)17(19,20)21/h1-2,4-9H,3,10-11H2,(H2,22,23,24). The van der Waals surface area contributed by atoms with Gasteiger partial charge in [-0.05, 0) is 42.8 Å². The van der Waals surface area contributed by atoms with Gasteiger partial charge in [-0.2, -0.15) is 13.2 Å². The largest absolute Gasteiger partial charge is 0.492 e. The van der Waals surface area contributed by atoms with Gasteiger partial charge in [-0.1, -0.05) is 23.7 Å². The van der Waals surface area contributed by atoms with Gasteiger partial charge in [0.1, 0.15) is 5.75 Å². The number of anilines is 1. The molecule has 0 saturated carbocycles. The molecule has 2 aromatic rings. The molecule has 4 nitrogen and oxygen atoms in total. The van der Waals surface area contributed by atoms with Crippen LogP contribution in [-0.4, -0.2) is 19.2 Å². The molecule has 2 rings (SSSR count). The number of hydrogen-bond donors (Lipinski definition) is 2. The number of alkyl halides is 3. The van der Waals surface area contributed by atoms with E-state index in [4.69, 9.17) is 16.3 Å². The predicted molar refractivity (Wildman–Crippen MR) is 90.0 cm³/mol. The van der Waals surface area contributed by atoms with Gasteiger partial charge in [0, 0.05) is 12.2 Å². The van der Waals surface area contributed by atoms with Gasteiger partial charge < -0.3 is 15.4 Å². The lowest BCUT2D eigenvalue weighted by Crippen LogP contribution is -2.30. The van der Waals surface area contributed by atoms with Gasteiger partial charge in [0.25, 0.3) is 0 Å². The number of ether oxygens (including phenoxy) is 1. The van der Waals surface area contributed by atoms with E-state index in [-0.39, 0.29) is 5.69 Å². The molecule has 0 spiro atoms. The van der Waals surface area contributed by atoms with E-state index in [2.05, 4.69) is 10.6 Å². The average Bonchev–Trinajstić information content (AvgIpc) is 2.56. The van der Waals surface area contributed by atoms with Gasteiger partial charge in [-0.3, -0.25) is 0 Å². The van der Waals surface area contributed by atoms with Gasteiger partial charge in [-0.25, -0.2) is 4.79 Å². The van der Waals surface area contributed by atoms with Crippen molar-refractivity contribution in [3.05, 3.63) is 59.1 Å². The van der Waals surface area contributed by atoms with Crippen LogP contribution in [0.4, 0.5) is 23.7 Å². The maximum atomic E-state index is 12.4. The monoisotopic (exact) mass is 372 g/mol. The molecule has 0 heterocycles. The van der Waals surface area contributed by atoms with Gasteiger partial charge in [0.2, 0.25) is 0 Å². The molecule has 134 valence electrons. The minimum absolute atomic E-state index is 0.276. The molecule has 2 amide bonds. The number of urea groups is 1. The number of halogens is 4. The van der Waals surface area contributed by atoms with Crippen molar-refractivity contribution >= 4 is 23.3 Å². The number of para-hydroxylation sites is 1. The minimum atomic E-state index is -4.40. The van der Waals surface area contributed by atoms with Crippen LogP contribution in [0.3, 0.4) is 0 Å². The quantitative estimate of drug-likeness (QED) is 0.705. The number of benzene rings is 2. The van der Waals surface area contributed by atoms with Crippen LogP contribution in [0, 0.1) is 0 Å². The fraction of sp³-hybridized carbons (Fsp3) is 0.235. The van der Waals surface area contributed by atoms with Gasteiger partial charge in [0.15, 0.2) is 0 Å². The number of hydrogen-bond acceptors (Lipinski definition) is 2. The molecule has 0 aliphatic carbocycles. The lowest BCUT2D eigenvalue weighted by atomic mass is 10.2. The fourth-order valence-electron chi connectivity index (χ4n) is 1.94. The second-order valence-electron chi connectivity index (χ2n) is 5.09. The Morgan fingerprint density at radius 1 is 1.08 bits per heavy atom. The van der Waals surface area contributed by atoms with Gasteiger partial charge in [0.05, 0.1) is 17.2 Å². The molecule has 0 saturated heterocycles. The van der Waals surface area contributed by atoms with E-state index in [1.807, 2.05) is 0 Å². The average molecular weight is 373 g/mol. The van der Waals surface area contributed by atoms with Crippen LogP contribution in [-0.2, 0) is 6.18 Å². The molecule has 8 heteroatoms. The van der Waals surface area contributed by atoms with E-state index in [1.165, 1.54) is 12.1 Å². The topological polar surface area (TPSA) is 50.4 Å². The summed E-state index contributed by atoms with van der Waals surface area (Å²) in [7, 11) is 0.